The monoisotopic (exact) mass is 319 g/mol. The maximum Gasteiger partial charge on any atom is 0.330 e. The SMILES string of the molecule is Cn1cc(/C=C/C(=O)Nc2ccc(Cl)cc2)c(=O)n(C)c1=O. The fourth-order valence-corrected chi connectivity index (χ4v) is 1.96. The maximum atomic E-state index is 11.9. The first-order valence-electron chi connectivity index (χ1n) is 6.40. The van der Waals surface area contributed by atoms with Crippen molar-refractivity contribution in [3.8, 4) is 0 Å². The summed E-state index contributed by atoms with van der Waals surface area (Å²) in [5.74, 6) is -0.391. The largest absolute Gasteiger partial charge is 0.330 e. The highest BCUT2D eigenvalue weighted by Gasteiger charge is 2.04. The van der Waals surface area contributed by atoms with Crippen molar-refractivity contribution < 1.29 is 4.79 Å². The number of anilines is 1. The van der Waals surface area contributed by atoms with Crippen LogP contribution in [-0.4, -0.2) is 15.0 Å². The molecule has 0 aliphatic heterocycles. The van der Waals surface area contributed by atoms with E-state index in [1.807, 2.05) is 0 Å². The zero-order chi connectivity index (χ0) is 16.3. The highest BCUT2D eigenvalue weighted by molar-refractivity contribution is 6.30. The molecule has 1 amide bonds. The van der Waals surface area contributed by atoms with Gasteiger partial charge < -0.3 is 9.88 Å². The lowest BCUT2D eigenvalue weighted by atomic mass is 10.3. The summed E-state index contributed by atoms with van der Waals surface area (Å²) in [5, 5.41) is 3.21. The summed E-state index contributed by atoms with van der Waals surface area (Å²) in [4.78, 5) is 35.3. The van der Waals surface area contributed by atoms with Gasteiger partial charge in [0.05, 0.1) is 5.56 Å². The second kappa shape index (κ2) is 6.44. The lowest BCUT2D eigenvalue weighted by Gasteiger charge is -2.04. The Bertz CT molecular complexity index is 848. The van der Waals surface area contributed by atoms with Gasteiger partial charge in [-0.15, -0.1) is 0 Å². The standard InChI is InChI=1S/C15H14ClN3O3/c1-18-9-10(14(21)19(2)15(18)22)3-8-13(20)17-12-6-4-11(16)5-7-12/h3-9H,1-2H3,(H,17,20)/b8-3+. The molecule has 1 aromatic carbocycles. The number of aryl methyl sites for hydroxylation is 1. The molecule has 0 fully saturated rings. The Morgan fingerprint density at radius 2 is 1.82 bits per heavy atom. The van der Waals surface area contributed by atoms with E-state index in [9.17, 15) is 14.4 Å². The Kier molecular flexibility index (Phi) is 4.62. The van der Waals surface area contributed by atoms with E-state index >= 15 is 0 Å². The van der Waals surface area contributed by atoms with Gasteiger partial charge in [0.15, 0.2) is 0 Å². The summed E-state index contributed by atoms with van der Waals surface area (Å²) in [6, 6.07) is 6.64. The van der Waals surface area contributed by atoms with Crippen LogP contribution in [0.4, 0.5) is 5.69 Å². The number of nitrogens with zero attached hydrogens (tertiary/aromatic N) is 2. The van der Waals surface area contributed by atoms with Crippen LogP contribution in [0.2, 0.25) is 5.02 Å². The molecule has 6 nitrogen and oxygen atoms in total. The van der Waals surface area contributed by atoms with Crippen LogP contribution in [0.1, 0.15) is 5.56 Å². The fraction of sp³-hybridized carbons (Fsp3) is 0.133. The van der Waals surface area contributed by atoms with Gasteiger partial charge in [0.1, 0.15) is 0 Å². The molecular formula is C15H14ClN3O3. The third-order valence-electron chi connectivity index (χ3n) is 3.00. The Balaban J connectivity index is 2.18. The summed E-state index contributed by atoms with van der Waals surface area (Å²) in [5.41, 5.74) is -0.0466. The molecule has 114 valence electrons. The van der Waals surface area contributed by atoms with Crippen LogP contribution in [0.15, 0.2) is 46.1 Å². The normalized spacial score (nSPS) is 10.9. The third kappa shape index (κ3) is 3.53. The van der Waals surface area contributed by atoms with Crippen LogP contribution >= 0.6 is 11.6 Å². The van der Waals surface area contributed by atoms with Crippen LogP contribution in [0.25, 0.3) is 6.08 Å². The Hall–Kier alpha value is -2.60. The summed E-state index contributed by atoms with van der Waals surface area (Å²) in [6.07, 6.45) is 3.99. The van der Waals surface area contributed by atoms with Crippen LogP contribution in [0.5, 0.6) is 0 Å². The van der Waals surface area contributed by atoms with E-state index in [2.05, 4.69) is 5.32 Å². The minimum Gasteiger partial charge on any atom is -0.323 e. The first-order chi connectivity index (χ1) is 10.4. The third-order valence-corrected chi connectivity index (χ3v) is 3.25. The van der Waals surface area contributed by atoms with Gasteiger partial charge >= 0.3 is 5.69 Å². The van der Waals surface area contributed by atoms with Gasteiger partial charge in [-0.2, -0.15) is 0 Å². The molecule has 2 rings (SSSR count). The molecule has 0 saturated heterocycles. The average Bonchev–Trinajstić information content (AvgIpc) is 2.50. The number of rotatable bonds is 3. The highest BCUT2D eigenvalue weighted by Crippen LogP contribution is 2.13. The first-order valence-corrected chi connectivity index (χ1v) is 6.77. The topological polar surface area (TPSA) is 73.1 Å². The molecular weight excluding hydrogens is 306 g/mol. The quantitative estimate of drug-likeness (QED) is 0.869. The average molecular weight is 320 g/mol. The molecule has 0 aliphatic carbocycles. The molecule has 0 spiro atoms. The summed E-state index contributed by atoms with van der Waals surface area (Å²) < 4.78 is 2.26. The molecule has 0 unspecified atom stereocenters. The van der Waals surface area contributed by atoms with Crippen molar-refractivity contribution in [2.75, 3.05) is 5.32 Å². The molecule has 0 radical (unpaired) electrons. The number of halogens is 1. The molecule has 0 aliphatic rings. The van der Waals surface area contributed by atoms with Crippen LogP contribution in [0.3, 0.4) is 0 Å². The van der Waals surface area contributed by atoms with Crippen LogP contribution in [0, 0.1) is 0 Å². The zero-order valence-electron chi connectivity index (χ0n) is 12.0. The van der Waals surface area contributed by atoms with Crippen molar-refractivity contribution in [1.82, 2.24) is 9.13 Å². The lowest BCUT2D eigenvalue weighted by Crippen LogP contribution is -2.37. The van der Waals surface area contributed by atoms with Crippen molar-refractivity contribution >= 4 is 29.3 Å². The second-order valence-electron chi connectivity index (χ2n) is 4.67. The molecule has 2 aromatic rings. The predicted octanol–water partition coefficient (Wildman–Crippen LogP) is 1.39. The van der Waals surface area contributed by atoms with Crippen molar-refractivity contribution in [3.05, 3.63) is 68.0 Å². The smallest absolute Gasteiger partial charge is 0.323 e. The Morgan fingerprint density at radius 1 is 1.18 bits per heavy atom. The number of carbonyl (C=O) groups excluding carboxylic acids is 1. The number of amides is 1. The van der Waals surface area contributed by atoms with Gasteiger partial charge in [0.25, 0.3) is 5.56 Å². The van der Waals surface area contributed by atoms with Crippen LogP contribution < -0.4 is 16.6 Å². The van der Waals surface area contributed by atoms with Crippen molar-refractivity contribution in [3.63, 3.8) is 0 Å². The number of benzene rings is 1. The van der Waals surface area contributed by atoms with Gasteiger partial charge in [-0.1, -0.05) is 11.6 Å². The van der Waals surface area contributed by atoms with Crippen molar-refractivity contribution in [2.24, 2.45) is 14.1 Å². The number of nitrogens with one attached hydrogen (secondary N) is 1. The van der Waals surface area contributed by atoms with Crippen molar-refractivity contribution in [2.45, 2.75) is 0 Å². The number of hydrogen-bond acceptors (Lipinski definition) is 3. The van der Waals surface area contributed by atoms with Gasteiger partial charge in [0.2, 0.25) is 5.91 Å². The van der Waals surface area contributed by atoms with Gasteiger partial charge in [-0.3, -0.25) is 14.2 Å². The van der Waals surface area contributed by atoms with Gasteiger partial charge in [-0.05, 0) is 30.3 Å². The molecule has 0 atom stereocenters. The van der Waals surface area contributed by atoms with Gasteiger partial charge in [0, 0.05) is 37.1 Å². The molecule has 22 heavy (non-hydrogen) atoms. The van der Waals surface area contributed by atoms with E-state index in [1.54, 1.807) is 24.3 Å². The molecule has 0 saturated carbocycles. The van der Waals surface area contributed by atoms with E-state index in [0.717, 1.165) is 4.57 Å². The second-order valence-corrected chi connectivity index (χ2v) is 5.11. The van der Waals surface area contributed by atoms with Gasteiger partial charge in [-0.25, -0.2) is 4.79 Å². The van der Waals surface area contributed by atoms with E-state index in [1.165, 1.54) is 37.0 Å². The maximum absolute atomic E-state index is 11.9. The molecule has 7 heteroatoms. The summed E-state index contributed by atoms with van der Waals surface area (Å²) in [6.45, 7) is 0. The minimum absolute atomic E-state index is 0.246. The molecule has 1 aromatic heterocycles. The summed E-state index contributed by atoms with van der Waals surface area (Å²) in [7, 11) is 2.92. The van der Waals surface area contributed by atoms with E-state index in [4.69, 9.17) is 11.6 Å². The highest BCUT2D eigenvalue weighted by atomic mass is 35.5. The molecule has 1 heterocycles. The van der Waals surface area contributed by atoms with E-state index < -0.39 is 17.2 Å². The van der Waals surface area contributed by atoms with E-state index in [0.29, 0.717) is 10.7 Å². The number of hydrogen-bond donors (Lipinski definition) is 1. The minimum atomic E-state index is -0.460. The Morgan fingerprint density at radius 3 is 2.45 bits per heavy atom. The zero-order valence-corrected chi connectivity index (χ0v) is 12.8. The lowest BCUT2D eigenvalue weighted by molar-refractivity contribution is -0.111. The number of carbonyl (C=O) groups is 1. The van der Waals surface area contributed by atoms with E-state index in [-0.39, 0.29) is 5.56 Å². The molecule has 1 N–H and O–H groups in total. The van der Waals surface area contributed by atoms with Crippen LogP contribution in [-0.2, 0) is 18.9 Å². The fourth-order valence-electron chi connectivity index (χ4n) is 1.83. The van der Waals surface area contributed by atoms with Crippen molar-refractivity contribution in [1.29, 1.82) is 0 Å². The Labute approximate surface area is 131 Å². The number of aromatic nitrogens is 2. The first kappa shape index (κ1) is 15.8. The predicted molar refractivity (Wildman–Crippen MR) is 86.0 cm³/mol. The summed E-state index contributed by atoms with van der Waals surface area (Å²) >= 11 is 5.76. The molecule has 0 bridgehead atoms.